The highest BCUT2D eigenvalue weighted by molar-refractivity contribution is 5.97. The van der Waals surface area contributed by atoms with E-state index in [2.05, 4.69) is 15.6 Å². The maximum atomic E-state index is 12.8. The number of nitrogens with zero attached hydrogens (tertiary/aromatic N) is 2. The van der Waals surface area contributed by atoms with Gasteiger partial charge in [-0.05, 0) is 23.8 Å². The van der Waals surface area contributed by atoms with Crippen LogP contribution in [0.15, 0.2) is 67.0 Å². The van der Waals surface area contributed by atoms with Gasteiger partial charge in [-0.15, -0.1) is 0 Å². The predicted octanol–water partition coefficient (Wildman–Crippen LogP) is 2.90. The summed E-state index contributed by atoms with van der Waals surface area (Å²) in [5, 5.41) is 5.72. The monoisotopic (exact) mass is 348 g/mol. The Bertz CT molecular complexity index is 918. The maximum absolute atomic E-state index is 12.8. The van der Waals surface area contributed by atoms with Crippen molar-refractivity contribution in [2.75, 3.05) is 5.32 Å². The minimum absolute atomic E-state index is 0.183. The summed E-state index contributed by atoms with van der Waals surface area (Å²) < 4.78 is 1.88. The molecule has 0 fully saturated rings. The highest BCUT2D eigenvalue weighted by atomic mass is 16.2. The minimum atomic E-state index is -0.381. The van der Waals surface area contributed by atoms with Gasteiger partial charge in [0, 0.05) is 37.6 Å². The average Bonchev–Trinajstić information content (AvgIpc) is 3.05. The van der Waals surface area contributed by atoms with Crippen molar-refractivity contribution in [3.63, 3.8) is 0 Å². The van der Waals surface area contributed by atoms with Crippen molar-refractivity contribution >= 4 is 17.5 Å². The molecule has 3 rings (SSSR count). The number of amides is 2. The van der Waals surface area contributed by atoms with Gasteiger partial charge in [0.1, 0.15) is 11.9 Å². The number of nitrogens with one attached hydrogen (secondary N) is 2. The smallest absolute Gasteiger partial charge is 0.252 e. The van der Waals surface area contributed by atoms with Gasteiger partial charge in [-0.2, -0.15) is 0 Å². The maximum Gasteiger partial charge on any atom is 0.252 e. The molecule has 0 unspecified atom stereocenters. The zero-order valence-electron chi connectivity index (χ0n) is 14.6. The standard InChI is InChI=1S/C20H20N4O2/c1-14(25)22-17-10-6-9-16(13-17)20(26)23-18(15-7-4-3-5-8-15)19-21-11-12-24(19)2/h3-13,18H,1-2H3,(H,22,25)(H,23,26)/t18-/m1/s1. The van der Waals surface area contributed by atoms with Crippen LogP contribution in [0.25, 0.3) is 0 Å². The number of carbonyl (C=O) groups excluding carboxylic acids is 2. The van der Waals surface area contributed by atoms with E-state index < -0.39 is 0 Å². The quantitative estimate of drug-likeness (QED) is 0.744. The molecule has 0 saturated carbocycles. The van der Waals surface area contributed by atoms with Gasteiger partial charge in [0.2, 0.25) is 5.91 Å². The number of carbonyl (C=O) groups is 2. The summed E-state index contributed by atoms with van der Waals surface area (Å²) in [7, 11) is 1.89. The molecule has 0 saturated heterocycles. The van der Waals surface area contributed by atoms with Crippen LogP contribution in [0.2, 0.25) is 0 Å². The van der Waals surface area contributed by atoms with Crippen LogP contribution in [0.5, 0.6) is 0 Å². The van der Waals surface area contributed by atoms with Gasteiger partial charge >= 0.3 is 0 Å². The van der Waals surface area contributed by atoms with E-state index in [9.17, 15) is 9.59 Å². The van der Waals surface area contributed by atoms with Crippen LogP contribution < -0.4 is 10.6 Å². The van der Waals surface area contributed by atoms with Gasteiger partial charge in [-0.3, -0.25) is 9.59 Å². The molecule has 3 aromatic rings. The Hall–Kier alpha value is -3.41. The fourth-order valence-electron chi connectivity index (χ4n) is 2.75. The Balaban J connectivity index is 1.89. The Kier molecular flexibility index (Phi) is 5.12. The predicted molar refractivity (Wildman–Crippen MR) is 99.7 cm³/mol. The van der Waals surface area contributed by atoms with Gasteiger partial charge < -0.3 is 15.2 Å². The van der Waals surface area contributed by atoms with Crippen LogP contribution in [0.1, 0.15) is 34.7 Å². The van der Waals surface area contributed by atoms with E-state index in [-0.39, 0.29) is 17.9 Å². The lowest BCUT2D eigenvalue weighted by Gasteiger charge is -2.19. The summed E-state index contributed by atoms with van der Waals surface area (Å²) >= 11 is 0. The molecule has 2 amide bonds. The lowest BCUT2D eigenvalue weighted by molar-refractivity contribution is -0.114. The number of aromatic nitrogens is 2. The molecule has 0 radical (unpaired) electrons. The van der Waals surface area contributed by atoms with Crippen LogP contribution in [0, 0.1) is 0 Å². The third kappa shape index (κ3) is 3.97. The van der Waals surface area contributed by atoms with Crippen LogP contribution in [-0.4, -0.2) is 21.4 Å². The fraction of sp³-hybridized carbons (Fsp3) is 0.150. The first kappa shape index (κ1) is 17.4. The van der Waals surface area contributed by atoms with Crippen molar-refractivity contribution in [2.45, 2.75) is 13.0 Å². The van der Waals surface area contributed by atoms with Gasteiger partial charge in [-0.1, -0.05) is 36.4 Å². The van der Waals surface area contributed by atoms with Crippen molar-refractivity contribution in [1.82, 2.24) is 14.9 Å². The first-order valence-corrected chi connectivity index (χ1v) is 8.25. The zero-order valence-corrected chi connectivity index (χ0v) is 14.6. The number of anilines is 1. The summed E-state index contributed by atoms with van der Waals surface area (Å²) in [6.07, 6.45) is 3.55. The first-order chi connectivity index (χ1) is 12.5. The molecule has 2 aromatic carbocycles. The summed E-state index contributed by atoms with van der Waals surface area (Å²) in [4.78, 5) is 28.4. The van der Waals surface area contributed by atoms with E-state index in [0.717, 1.165) is 11.4 Å². The second kappa shape index (κ2) is 7.65. The van der Waals surface area contributed by atoms with Gasteiger partial charge in [0.05, 0.1) is 0 Å². The number of benzene rings is 2. The number of hydrogen-bond donors (Lipinski definition) is 2. The van der Waals surface area contributed by atoms with Gasteiger partial charge in [0.25, 0.3) is 5.91 Å². The number of imidazole rings is 1. The van der Waals surface area contributed by atoms with E-state index in [0.29, 0.717) is 11.3 Å². The molecule has 6 heteroatoms. The highest BCUT2D eigenvalue weighted by Gasteiger charge is 2.21. The largest absolute Gasteiger partial charge is 0.338 e. The van der Waals surface area contributed by atoms with Crippen molar-refractivity contribution in [1.29, 1.82) is 0 Å². The summed E-state index contributed by atoms with van der Waals surface area (Å²) in [5.74, 6) is 0.314. The van der Waals surface area contributed by atoms with E-state index in [1.807, 2.05) is 48.1 Å². The molecule has 2 N–H and O–H groups in total. The van der Waals surface area contributed by atoms with Gasteiger partial charge in [0.15, 0.2) is 0 Å². The summed E-state index contributed by atoms with van der Waals surface area (Å²) in [6, 6.07) is 16.1. The Morgan fingerprint density at radius 1 is 1.08 bits per heavy atom. The van der Waals surface area contributed by atoms with E-state index in [1.54, 1.807) is 30.5 Å². The lowest BCUT2D eigenvalue weighted by Crippen LogP contribution is -2.31. The molecule has 0 aliphatic rings. The second-order valence-electron chi connectivity index (χ2n) is 5.98. The molecule has 132 valence electrons. The van der Waals surface area contributed by atoms with Crippen LogP contribution in [0.4, 0.5) is 5.69 Å². The average molecular weight is 348 g/mol. The summed E-state index contributed by atoms with van der Waals surface area (Å²) in [6.45, 7) is 1.43. The Morgan fingerprint density at radius 3 is 2.50 bits per heavy atom. The first-order valence-electron chi connectivity index (χ1n) is 8.25. The van der Waals surface area contributed by atoms with E-state index >= 15 is 0 Å². The Labute approximate surface area is 151 Å². The third-order valence-corrected chi connectivity index (χ3v) is 3.97. The molecule has 0 aliphatic heterocycles. The second-order valence-corrected chi connectivity index (χ2v) is 5.98. The van der Waals surface area contributed by atoms with Crippen LogP contribution in [0.3, 0.4) is 0 Å². The van der Waals surface area contributed by atoms with Crippen molar-refractivity contribution in [2.24, 2.45) is 7.05 Å². The van der Waals surface area contributed by atoms with Crippen LogP contribution in [-0.2, 0) is 11.8 Å². The van der Waals surface area contributed by atoms with Crippen LogP contribution >= 0.6 is 0 Å². The minimum Gasteiger partial charge on any atom is -0.338 e. The van der Waals surface area contributed by atoms with Gasteiger partial charge in [-0.25, -0.2) is 4.98 Å². The molecule has 0 bridgehead atoms. The normalized spacial score (nSPS) is 11.6. The molecule has 0 spiro atoms. The molecule has 1 atom stereocenters. The topological polar surface area (TPSA) is 76.0 Å². The van der Waals surface area contributed by atoms with E-state index in [4.69, 9.17) is 0 Å². The van der Waals surface area contributed by atoms with Crippen molar-refractivity contribution < 1.29 is 9.59 Å². The molecule has 1 aromatic heterocycles. The summed E-state index contributed by atoms with van der Waals surface area (Å²) in [5.41, 5.74) is 1.98. The molecular weight excluding hydrogens is 328 g/mol. The molecule has 26 heavy (non-hydrogen) atoms. The molecule has 1 heterocycles. The SMILES string of the molecule is CC(=O)Nc1cccc(C(=O)N[C@H](c2ccccc2)c2nccn2C)c1. The highest BCUT2D eigenvalue weighted by Crippen LogP contribution is 2.21. The fourth-order valence-corrected chi connectivity index (χ4v) is 2.75. The lowest BCUT2D eigenvalue weighted by atomic mass is 10.1. The molecular formula is C20H20N4O2. The van der Waals surface area contributed by atoms with Crippen molar-refractivity contribution in [3.8, 4) is 0 Å². The number of aryl methyl sites for hydroxylation is 1. The van der Waals surface area contributed by atoms with Crippen molar-refractivity contribution in [3.05, 3.63) is 83.9 Å². The third-order valence-electron chi connectivity index (χ3n) is 3.97. The number of hydrogen-bond acceptors (Lipinski definition) is 3. The molecule has 0 aliphatic carbocycles. The zero-order chi connectivity index (χ0) is 18.5. The molecule has 6 nitrogen and oxygen atoms in total. The number of rotatable bonds is 5. The Morgan fingerprint density at radius 2 is 1.85 bits per heavy atom. The van der Waals surface area contributed by atoms with E-state index in [1.165, 1.54) is 6.92 Å².